The van der Waals surface area contributed by atoms with Crippen LogP contribution < -0.4 is 0 Å². The maximum Gasteiger partial charge on any atom is 0.276 e. The third-order valence-corrected chi connectivity index (χ3v) is 5.54. The van der Waals surface area contributed by atoms with E-state index < -0.39 is 0 Å². The third kappa shape index (κ3) is 2.92. The van der Waals surface area contributed by atoms with Crippen LogP contribution in [0.3, 0.4) is 0 Å². The van der Waals surface area contributed by atoms with E-state index in [0.29, 0.717) is 44.3 Å². The van der Waals surface area contributed by atoms with E-state index in [9.17, 15) is 9.18 Å². The third-order valence-electron chi connectivity index (χ3n) is 5.54. The van der Waals surface area contributed by atoms with Crippen LogP contribution in [-0.2, 0) is 17.7 Å². The van der Waals surface area contributed by atoms with Gasteiger partial charge in [-0.2, -0.15) is 0 Å². The average Bonchev–Trinajstić information content (AvgIpc) is 3.33. The van der Waals surface area contributed by atoms with Crippen molar-refractivity contribution in [3.63, 3.8) is 0 Å². The van der Waals surface area contributed by atoms with Gasteiger partial charge in [-0.15, -0.1) is 0 Å². The number of fused-ring (bicyclic) bond motifs is 3. The number of nitrogens with zero attached hydrogens (tertiary/aromatic N) is 2. The SMILES string of the molecule is O=C(c1coc(C2CCOCC2)n1)N1CCc2[nH]c3ccc(F)cc3c2C1. The minimum Gasteiger partial charge on any atom is -0.448 e. The summed E-state index contributed by atoms with van der Waals surface area (Å²) in [4.78, 5) is 22.5. The van der Waals surface area contributed by atoms with Gasteiger partial charge in [0.2, 0.25) is 0 Å². The molecule has 1 amide bonds. The zero-order chi connectivity index (χ0) is 18.4. The average molecular weight is 369 g/mol. The molecule has 0 atom stereocenters. The number of amides is 1. The lowest BCUT2D eigenvalue weighted by Gasteiger charge is -2.26. The molecule has 2 aromatic heterocycles. The molecule has 2 aliphatic rings. The van der Waals surface area contributed by atoms with Crippen molar-refractivity contribution in [2.45, 2.75) is 31.7 Å². The summed E-state index contributed by atoms with van der Waals surface area (Å²) >= 11 is 0. The van der Waals surface area contributed by atoms with Crippen molar-refractivity contribution >= 4 is 16.8 Å². The van der Waals surface area contributed by atoms with Gasteiger partial charge in [0.25, 0.3) is 5.91 Å². The fourth-order valence-corrected chi connectivity index (χ4v) is 4.04. The van der Waals surface area contributed by atoms with E-state index >= 15 is 0 Å². The Balaban J connectivity index is 1.38. The lowest BCUT2D eigenvalue weighted by Crippen LogP contribution is -2.36. The van der Waals surface area contributed by atoms with Crippen molar-refractivity contribution in [3.05, 3.63) is 53.1 Å². The van der Waals surface area contributed by atoms with Crippen molar-refractivity contribution in [2.24, 2.45) is 0 Å². The first-order valence-electron chi connectivity index (χ1n) is 9.30. The van der Waals surface area contributed by atoms with Gasteiger partial charge in [-0.05, 0) is 31.0 Å². The quantitative estimate of drug-likeness (QED) is 0.752. The van der Waals surface area contributed by atoms with E-state index in [2.05, 4.69) is 9.97 Å². The topological polar surface area (TPSA) is 71.4 Å². The minimum absolute atomic E-state index is 0.145. The van der Waals surface area contributed by atoms with Crippen LogP contribution in [0.5, 0.6) is 0 Å². The number of hydrogen-bond acceptors (Lipinski definition) is 4. The second-order valence-electron chi connectivity index (χ2n) is 7.21. The van der Waals surface area contributed by atoms with Crippen molar-refractivity contribution in [1.82, 2.24) is 14.9 Å². The fraction of sp³-hybridized carbons (Fsp3) is 0.400. The summed E-state index contributed by atoms with van der Waals surface area (Å²) in [6, 6.07) is 4.71. The van der Waals surface area contributed by atoms with Gasteiger partial charge < -0.3 is 19.0 Å². The Bertz CT molecular complexity index is 1000. The monoisotopic (exact) mass is 369 g/mol. The maximum absolute atomic E-state index is 13.7. The fourth-order valence-electron chi connectivity index (χ4n) is 4.04. The van der Waals surface area contributed by atoms with Crippen LogP contribution in [0.15, 0.2) is 28.9 Å². The summed E-state index contributed by atoms with van der Waals surface area (Å²) in [5, 5.41) is 0.838. The molecule has 0 unspecified atom stereocenters. The number of aromatic amines is 1. The number of hydrogen-bond donors (Lipinski definition) is 1. The predicted octanol–water partition coefficient (Wildman–Crippen LogP) is 3.39. The van der Waals surface area contributed by atoms with E-state index in [1.807, 2.05) is 0 Å². The molecule has 0 spiro atoms. The van der Waals surface area contributed by atoms with E-state index in [4.69, 9.17) is 9.15 Å². The van der Waals surface area contributed by atoms with Gasteiger partial charge in [0, 0.05) is 60.8 Å². The van der Waals surface area contributed by atoms with Crippen LogP contribution in [0.4, 0.5) is 4.39 Å². The van der Waals surface area contributed by atoms with E-state index in [1.54, 1.807) is 11.0 Å². The van der Waals surface area contributed by atoms with Gasteiger partial charge in [0.1, 0.15) is 12.1 Å². The van der Waals surface area contributed by atoms with Crippen LogP contribution in [0.1, 0.15) is 46.4 Å². The number of ether oxygens (including phenoxy) is 1. The first-order valence-corrected chi connectivity index (χ1v) is 9.30. The lowest BCUT2D eigenvalue weighted by atomic mass is 10.0. The molecule has 6 nitrogen and oxygen atoms in total. The van der Waals surface area contributed by atoms with Gasteiger partial charge in [0.05, 0.1) is 0 Å². The molecule has 0 saturated carbocycles. The molecule has 1 aromatic carbocycles. The van der Waals surface area contributed by atoms with E-state index in [1.165, 1.54) is 18.4 Å². The standard InChI is InChI=1S/C20H20FN3O3/c21-13-1-2-16-14(9-13)15-10-24(6-3-17(15)22-16)20(25)18-11-27-19(23-18)12-4-7-26-8-5-12/h1-2,9,11-12,22H,3-8,10H2. The highest BCUT2D eigenvalue weighted by atomic mass is 19.1. The number of carbonyl (C=O) groups excluding carboxylic acids is 1. The molecule has 5 rings (SSSR count). The van der Waals surface area contributed by atoms with Gasteiger partial charge in [-0.3, -0.25) is 4.79 Å². The summed E-state index contributed by atoms with van der Waals surface area (Å²) in [7, 11) is 0. The summed E-state index contributed by atoms with van der Waals surface area (Å²) in [6.45, 7) is 2.43. The molecule has 140 valence electrons. The highest BCUT2D eigenvalue weighted by molar-refractivity contribution is 5.93. The largest absolute Gasteiger partial charge is 0.448 e. The van der Waals surface area contributed by atoms with Crippen LogP contribution in [0, 0.1) is 5.82 Å². The highest BCUT2D eigenvalue weighted by Gasteiger charge is 2.28. The molecule has 1 fully saturated rings. The Kier molecular flexibility index (Phi) is 3.97. The molecular weight excluding hydrogens is 349 g/mol. The second kappa shape index (κ2) is 6.49. The minimum atomic E-state index is -0.273. The van der Waals surface area contributed by atoms with Gasteiger partial charge in [-0.1, -0.05) is 0 Å². The Morgan fingerprint density at radius 3 is 3.00 bits per heavy atom. The van der Waals surface area contributed by atoms with Crippen molar-refractivity contribution in [3.8, 4) is 0 Å². The van der Waals surface area contributed by atoms with Crippen molar-refractivity contribution in [1.29, 1.82) is 0 Å². The molecule has 0 bridgehead atoms. The van der Waals surface area contributed by atoms with Crippen molar-refractivity contribution in [2.75, 3.05) is 19.8 Å². The maximum atomic E-state index is 13.7. The molecule has 4 heterocycles. The van der Waals surface area contributed by atoms with Crippen LogP contribution in [-0.4, -0.2) is 40.5 Å². The Hall–Kier alpha value is -2.67. The Labute approximate surface area is 155 Å². The lowest BCUT2D eigenvalue weighted by molar-refractivity contribution is 0.0728. The first kappa shape index (κ1) is 16.5. The van der Waals surface area contributed by atoms with Gasteiger partial charge >= 0.3 is 0 Å². The molecule has 0 radical (unpaired) electrons. The van der Waals surface area contributed by atoms with Crippen molar-refractivity contribution < 1.29 is 18.3 Å². The number of nitrogens with one attached hydrogen (secondary N) is 1. The number of H-pyrrole nitrogens is 1. The zero-order valence-corrected chi connectivity index (χ0v) is 14.8. The number of benzene rings is 1. The van der Waals surface area contributed by atoms with Gasteiger partial charge in [-0.25, -0.2) is 9.37 Å². The summed E-state index contributed by atoms with van der Waals surface area (Å²) in [5.74, 6) is 0.414. The van der Waals surface area contributed by atoms with Crippen LogP contribution in [0.2, 0.25) is 0 Å². The summed E-state index contributed by atoms with van der Waals surface area (Å²) in [6.07, 6.45) is 3.89. The molecule has 1 N–H and O–H groups in total. The number of oxazole rings is 1. The number of halogens is 1. The number of rotatable bonds is 2. The molecule has 3 aromatic rings. The van der Waals surface area contributed by atoms with E-state index in [-0.39, 0.29) is 17.6 Å². The molecule has 27 heavy (non-hydrogen) atoms. The molecule has 2 aliphatic heterocycles. The van der Waals surface area contributed by atoms with Crippen LogP contribution in [0.25, 0.3) is 10.9 Å². The normalized spacial score (nSPS) is 18.0. The molecule has 1 saturated heterocycles. The molecular formula is C20H20FN3O3. The number of carbonyl (C=O) groups is 1. The smallest absolute Gasteiger partial charge is 0.276 e. The summed E-state index contributed by atoms with van der Waals surface area (Å²) in [5.41, 5.74) is 3.30. The molecule has 0 aliphatic carbocycles. The van der Waals surface area contributed by atoms with Crippen LogP contribution >= 0.6 is 0 Å². The Morgan fingerprint density at radius 1 is 1.30 bits per heavy atom. The predicted molar refractivity (Wildman–Crippen MR) is 96.0 cm³/mol. The summed E-state index contributed by atoms with van der Waals surface area (Å²) < 4.78 is 24.6. The van der Waals surface area contributed by atoms with Gasteiger partial charge in [0.15, 0.2) is 11.6 Å². The molecule has 7 heteroatoms. The first-order chi connectivity index (χ1) is 13.2. The highest BCUT2D eigenvalue weighted by Crippen LogP contribution is 2.30. The number of aromatic nitrogens is 2. The van der Waals surface area contributed by atoms with E-state index in [0.717, 1.165) is 35.0 Å². The second-order valence-corrected chi connectivity index (χ2v) is 7.21. The zero-order valence-electron chi connectivity index (χ0n) is 14.8. The Morgan fingerprint density at radius 2 is 2.15 bits per heavy atom.